The van der Waals surface area contributed by atoms with Gasteiger partial charge < -0.3 is 15.4 Å². The fourth-order valence-corrected chi connectivity index (χ4v) is 1.42. The minimum Gasteiger partial charge on any atom is -0.397 e. The number of nitrogens with zero attached hydrogens (tertiary/aromatic N) is 1. The molecule has 0 amide bonds. The molecule has 0 aliphatic rings. The van der Waals surface area contributed by atoms with Gasteiger partial charge in [-0.1, -0.05) is 0 Å². The summed E-state index contributed by atoms with van der Waals surface area (Å²) in [4.78, 5) is 1.96. The van der Waals surface area contributed by atoms with Gasteiger partial charge in [-0.25, -0.2) is 4.39 Å². The van der Waals surface area contributed by atoms with E-state index in [9.17, 15) is 4.39 Å². The molecule has 4 heteroatoms. The van der Waals surface area contributed by atoms with Crippen molar-refractivity contribution in [3.05, 3.63) is 24.0 Å². The molecule has 3 nitrogen and oxygen atoms in total. The predicted octanol–water partition coefficient (Wildman–Crippen LogP) is 2.27. The van der Waals surface area contributed by atoms with E-state index in [1.54, 1.807) is 6.07 Å². The van der Waals surface area contributed by atoms with E-state index in [1.807, 2.05) is 25.8 Å². The fraction of sp³-hybridized carbons (Fsp3) is 0.500. The molecule has 0 fully saturated rings. The van der Waals surface area contributed by atoms with Crippen LogP contribution >= 0.6 is 0 Å². The van der Waals surface area contributed by atoms with Crippen LogP contribution in [0.15, 0.2) is 18.2 Å². The molecule has 0 saturated heterocycles. The molecule has 0 bridgehead atoms. The van der Waals surface area contributed by atoms with E-state index in [-0.39, 0.29) is 11.9 Å². The summed E-state index contributed by atoms with van der Waals surface area (Å²) in [6.07, 6.45) is 0.221. The molecule has 0 saturated carbocycles. The number of halogens is 1. The van der Waals surface area contributed by atoms with Gasteiger partial charge in [-0.05, 0) is 32.0 Å². The minimum atomic E-state index is -0.312. The maximum absolute atomic E-state index is 12.8. The van der Waals surface area contributed by atoms with Crippen LogP contribution in [0.1, 0.15) is 13.8 Å². The molecule has 0 unspecified atom stereocenters. The molecule has 16 heavy (non-hydrogen) atoms. The van der Waals surface area contributed by atoms with Crippen LogP contribution in [0.5, 0.6) is 0 Å². The van der Waals surface area contributed by atoms with Gasteiger partial charge in [-0.3, -0.25) is 0 Å². The highest BCUT2D eigenvalue weighted by Gasteiger charge is 2.06. The third-order valence-corrected chi connectivity index (χ3v) is 2.28. The largest absolute Gasteiger partial charge is 0.397 e. The van der Waals surface area contributed by atoms with Gasteiger partial charge in [0.2, 0.25) is 0 Å². The molecule has 0 aromatic heterocycles. The first-order valence-corrected chi connectivity index (χ1v) is 5.38. The average Bonchev–Trinajstić information content (AvgIpc) is 2.16. The molecule has 0 aliphatic carbocycles. The summed E-state index contributed by atoms with van der Waals surface area (Å²) in [5, 5.41) is 0. The summed E-state index contributed by atoms with van der Waals surface area (Å²) in [6, 6.07) is 4.42. The van der Waals surface area contributed by atoms with Crippen LogP contribution < -0.4 is 10.6 Å². The Kier molecular flexibility index (Phi) is 4.55. The second-order valence-electron chi connectivity index (χ2n) is 4.04. The Bertz CT molecular complexity index is 342. The lowest BCUT2D eigenvalue weighted by Crippen LogP contribution is -2.24. The highest BCUT2D eigenvalue weighted by Crippen LogP contribution is 2.22. The van der Waals surface area contributed by atoms with E-state index in [0.29, 0.717) is 12.3 Å². The Labute approximate surface area is 96.0 Å². The lowest BCUT2D eigenvalue weighted by molar-refractivity contribution is 0.0846. The van der Waals surface area contributed by atoms with Crippen molar-refractivity contribution in [3.8, 4) is 0 Å². The number of nitrogen functional groups attached to an aromatic ring is 1. The zero-order valence-corrected chi connectivity index (χ0v) is 10.0. The summed E-state index contributed by atoms with van der Waals surface area (Å²) >= 11 is 0. The summed E-state index contributed by atoms with van der Waals surface area (Å²) in [7, 11) is 1.91. The first kappa shape index (κ1) is 12.8. The molecule has 1 rings (SSSR count). The van der Waals surface area contributed by atoms with Crippen molar-refractivity contribution < 1.29 is 9.13 Å². The molecule has 1 aromatic carbocycles. The maximum atomic E-state index is 12.8. The van der Waals surface area contributed by atoms with Crippen LogP contribution in [0.25, 0.3) is 0 Å². The van der Waals surface area contributed by atoms with Crippen molar-refractivity contribution in [2.75, 3.05) is 30.8 Å². The van der Waals surface area contributed by atoms with Gasteiger partial charge in [-0.2, -0.15) is 0 Å². The van der Waals surface area contributed by atoms with Crippen molar-refractivity contribution in [2.24, 2.45) is 0 Å². The van der Waals surface area contributed by atoms with Crippen LogP contribution in [0.3, 0.4) is 0 Å². The van der Waals surface area contributed by atoms with E-state index in [1.165, 1.54) is 12.1 Å². The second-order valence-corrected chi connectivity index (χ2v) is 4.04. The number of nitrogens with two attached hydrogens (primary N) is 1. The van der Waals surface area contributed by atoms with E-state index >= 15 is 0 Å². The molecule has 1 aromatic rings. The number of benzene rings is 1. The molecule has 2 N–H and O–H groups in total. The van der Waals surface area contributed by atoms with Crippen LogP contribution in [0, 0.1) is 5.82 Å². The van der Waals surface area contributed by atoms with E-state index < -0.39 is 0 Å². The lowest BCUT2D eigenvalue weighted by atomic mass is 10.2. The van der Waals surface area contributed by atoms with Crippen molar-refractivity contribution in [2.45, 2.75) is 20.0 Å². The van der Waals surface area contributed by atoms with Crippen molar-refractivity contribution in [1.29, 1.82) is 0 Å². The molecule has 90 valence electrons. The van der Waals surface area contributed by atoms with Crippen LogP contribution in [0.4, 0.5) is 15.8 Å². The maximum Gasteiger partial charge on any atom is 0.125 e. The number of hydrogen-bond acceptors (Lipinski definition) is 3. The molecule has 0 aliphatic heterocycles. The average molecular weight is 226 g/mol. The first-order chi connectivity index (χ1) is 7.50. The Morgan fingerprint density at radius 2 is 2.12 bits per heavy atom. The van der Waals surface area contributed by atoms with Gasteiger partial charge in [0.25, 0.3) is 0 Å². The number of ether oxygens (including phenoxy) is 1. The van der Waals surface area contributed by atoms with Gasteiger partial charge in [0, 0.05) is 13.6 Å². The van der Waals surface area contributed by atoms with E-state index in [0.717, 1.165) is 12.2 Å². The fourth-order valence-electron chi connectivity index (χ4n) is 1.42. The predicted molar refractivity (Wildman–Crippen MR) is 65.2 cm³/mol. The van der Waals surface area contributed by atoms with Gasteiger partial charge in [-0.15, -0.1) is 0 Å². The molecule has 0 spiro atoms. The Hall–Kier alpha value is -1.29. The van der Waals surface area contributed by atoms with Crippen LogP contribution in [-0.2, 0) is 4.74 Å². The minimum absolute atomic E-state index is 0.221. The van der Waals surface area contributed by atoms with Crippen LogP contribution in [0.2, 0.25) is 0 Å². The number of likely N-dealkylation sites (N-methyl/N-ethyl adjacent to an activating group) is 1. The second kappa shape index (κ2) is 5.70. The van der Waals surface area contributed by atoms with Crippen molar-refractivity contribution in [1.82, 2.24) is 0 Å². The molecular weight excluding hydrogens is 207 g/mol. The highest BCUT2D eigenvalue weighted by atomic mass is 19.1. The SMILES string of the molecule is CC(C)OCCN(C)c1ccc(F)cc1N. The third kappa shape index (κ3) is 3.70. The van der Waals surface area contributed by atoms with Gasteiger partial charge >= 0.3 is 0 Å². The monoisotopic (exact) mass is 226 g/mol. The summed E-state index contributed by atoms with van der Waals surface area (Å²) in [5.74, 6) is -0.312. The van der Waals surface area contributed by atoms with Crippen molar-refractivity contribution in [3.63, 3.8) is 0 Å². The summed E-state index contributed by atoms with van der Waals surface area (Å²) < 4.78 is 18.3. The number of rotatable bonds is 5. The highest BCUT2D eigenvalue weighted by molar-refractivity contribution is 5.67. The zero-order valence-electron chi connectivity index (χ0n) is 10.0. The van der Waals surface area contributed by atoms with Crippen LogP contribution in [-0.4, -0.2) is 26.3 Å². The third-order valence-electron chi connectivity index (χ3n) is 2.28. The van der Waals surface area contributed by atoms with E-state index in [4.69, 9.17) is 10.5 Å². The number of anilines is 2. The Morgan fingerprint density at radius 3 is 2.69 bits per heavy atom. The smallest absolute Gasteiger partial charge is 0.125 e. The molecular formula is C12H19FN2O. The van der Waals surface area contributed by atoms with Gasteiger partial charge in [0.05, 0.1) is 24.1 Å². The molecule has 0 atom stereocenters. The Balaban J connectivity index is 2.55. The molecule has 0 heterocycles. The number of hydrogen-bond donors (Lipinski definition) is 1. The summed E-state index contributed by atoms with van der Waals surface area (Å²) in [6.45, 7) is 5.34. The van der Waals surface area contributed by atoms with E-state index in [2.05, 4.69) is 0 Å². The van der Waals surface area contributed by atoms with Gasteiger partial charge in [0.1, 0.15) is 5.82 Å². The molecule has 0 radical (unpaired) electrons. The Morgan fingerprint density at radius 1 is 1.44 bits per heavy atom. The summed E-state index contributed by atoms with van der Waals surface area (Å²) in [5.41, 5.74) is 7.01. The first-order valence-electron chi connectivity index (χ1n) is 5.38. The lowest BCUT2D eigenvalue weighted by Gasteiger charge is -2.21. The topological polar surface area (TPSA) is 38.5 Å². The normalized spacial score (nSPS) is 10.8. The zero-order chi connectivity index (χ0) is 12.1. The standard InChI is InChI=1S/C12H19FN2O/c1-9(2)16-7-6-15(3)12-5-4-10(13)8-11(12)14/h4-5,8-9H,6-7,14H2,1-3H3. The quantitative estimate of drug-likeness (QED) is 0.783. The van der Waals surface area contributed by atoms with Crippen molar-refractivity contribution >= 4 is 11.4 Å². The van der Waals surface area contributed by atoms with Gasteiger partial charge in [0.15, 0.2) is 0 Å².